The second-order valence-corrected chi connectivity index (χ2v) is 50.5. The van der Waals surface area contributed by atoms with E-state index < -0.39 is 41.0 Å². The summed E-state index contributed by atoms with van der Waals surface area (Å²) in [5.41, 5.74) is 10.7. The minimum absolute atomic E-state index is 0.00578. The number of aliphatic carboxylic acids is 1. The zero-order valence-electron chi connectivity index (χ0n) is 83.6. The van der Waals surface area contributed by atoms with Gasteiger partial charge < -0.3 is 68.9 Å². The van der Waals surface area contributed by atoms with Crippen LogP contribution in [0.25, 0.3) is 0 Å². The van der Waals surface area contributed by atoms with Gasteiger partial charge in [0.25, 0.3) is 17.7 Å². The molecule has 26 nitrogen and oxygen atoms in total. The van der Waals surface area contributed by atoms with Crippen LogP contribution < -0.4 is 53.7 Å². The minimum atomic E-state index is -2.95. The van der Waals surface area contributed by atoms with Crippen LogP contribution >= 0.6 is 34.8 Å². The third-order valence-corrected chi connectivity index (χ3v) is 39.8. The number of fused-ring (bicyclic) bond motifs is 12. The molecule has 3 unspecified atom stereocenters. The SMILES string of the molecule is C=S1(=O)NC(=O)c2ccc3c(c2)N(C[C@@H]2CC[C@H]2[C@@H](OCC(=O)NCCN(C)C)/C=C/CC[C@H]1CC)C[C@@]1(CCCc2cc(Cl)ccc21)CO3.C=S1(=O)NC(=O)c2ccc3c(c2)N(C[C@@H]2CC[C@H]2[C@@H](OCC(=O)NCCO)/C=C/CC[C@H]1CC)C[C@@]1(CCCc2cc(Cl)ccc21)CO3.C=S1(=O)NC(=O)c2ccc3c(c2)N(C[C@@H]2CC[C@H]2[C@@H](OCC(=O)O)CCCC[C@H]1CC)C[C@@]1(CCCc2cc(Cl)ccc21)CO3. The maximum absolute atomic E-state index is 13.9. The number of benzene rings is 6. The average molecular weight is 2080 g/mol. The molecule has 3 fully saturated rings. The van der Waals surface area contributed by atoms with E-state index in [1.807, 2.05) is 94.4 Å². The van der Waals surface area contributed by atoms with Gasteiger partial charge in [0.15, 0.2) is 0 Å². The van der Waals surface area contributed by atoms with E-state index >= 15 is 0 Å². The van der Waals surface area contributed by atoms with Gasteiger partial charge in [0.1, 0.15) is 37.1 Å². The van der Waals surface area contributed by atoms with E-state index in [1.165, 1.54) is 33.4 Å². The lowest BCUT2D eigenvalue weighted by atomic mass is 9.68. The Hall–Kier alpha value is -8.85. The van der Waals surface area contributed by atoms with Crippen molar-refractivity contribution in [3.05, 3.63) is 199 Å². The third-order valence-electron chi connectivity index (χ3n) is 32.6. The molecular formula is C111H146Cl3N9O17S3. The quantitative estimate of drug-likeness (QED) is 0.0329. The monoisotopic (exact) mass is 2080 g/mol. The highest BCUT2D eigenvalue weighted by Gasteiger charge is 2.50. The predicted octanol–water partition coefficient (Wildman–Crippen LogP) is 16.2. The molecule has 32 heteroatoms. The van der Waals surface area contributed by atoms with Crippen LogP contribution in [0.15, 0.2) is 133 Å². The number of likely N-dealkylation sites (N-methyl/N-ethyl adjacent to an activating group) is 1. The standard InChI is InChI=1S/C39H53ClN4O5S.C37H48ClN3O6S.C35H45ClN2O6S/c1-5-31-10-6-7-11-35(48-24-37(45)41-19-20-43(2)3)32-15-12-29(32)23-44-25-39(18-8-9-27-21-30(40)14-16-33(27)39)26-49-36-17-13-28(22-34(36)44)38(46)42-50(31,4)47;1-3-29-8-4-5-9-33(46-22-35(43)39-17-18-42)30-13-10-27(30)21-41-23-37(16-6-7-25-19-28(38)12-14-31(25)37)24-47-34-15-11-26(20-32(34)41)36(44)40-48(29,2)45;1-3-27-8-4-5-9-31(43-20-33(39)40)28-13-10-25(28)19-38-21-35(16-6-7-23-17-26(36)12-14-29(23)35)22-44-32-15-11-24(18-30(32)38)34(41)37-45(27,2)42/h7,11,13-14,16-17,21-22,29,31-32,35H,4-6,8-10,12,15,18-20,23-26H2,1-3H3,(H,41,45)(H,42,46,47);5,9,11-12,14-15,19-20,27,29-30,33,42H,2-4,6-8,10,13,16-18,21-24H2,1H3,(H,39,43)(H,40,44,45);11-12,14-15,17-18,25,27-28,31H,2-10,13,16,19-22H2,1H3,(H,39,40)(H,37,41,42)/b11-7+;9-5+;/t29-,31+,32+,35-,39-,50?;27-,29+,30+,33-,37-,48?;25-,27+,28+,31-,35-,45?/m000/s1. The number of aryl methyl sites for hydroxylation is 3. The molecule has 0 radical (unpaired) electrons. The molecule has 3 saturated carbocycles. The normalized spacial score (nSPS) is 31.0. The van der Waals surface area contributed by atoms with Gasteiger partial charge in [-0.15, -0.1) is 0 Å². The number of aliphatic hydroxyl groups is 1. The molecule has 6 aromatic carbocycles. The highest BCUT2D eigenvalue weighted by molar-refractivity contribution is 8.00. The molecule has 6 aromatic rings. The minimum Gasteiger partial charge on any atom is -0.490 e. The number of anilines is 3. The van der Waals surface area contributed by atoms with Crippen LogP contribution in [0.3, 0.4) is 0 Å². The van der Waals surface area contributed by atoms with E-state index in [4.69, 9.17) is 68.3 Å². The molecule has 7 N–H and O–H groups in total. The van der Waals surface area contributed by atoms with Crippen molar-refractivity contribution >= 4 is 134 Å². The molecule has 12 aliphatic rings. The van der Waals surface area contributed by atoms with Crippen molar-refractivity contribution in [2.24, 2.45) is 35.5 Å². The van der Waals surface area contributed by atoms with E-state index in [0.717, 1.165) is 198 Å². The number of carboxylic acid groups (broad SMARTS) is 1. The number of amides is 5. The number of aliphatic hydroxyl groups excluding tert-OH is 1. The average Bonchev–Trinajstić information content (AvgIpc) is 1.72. The molecule has 143 heavy (non-hydrogen) atoms. The highest BCUT2D eigenvalue weighted by atomic mass is 35.5. The number of carboxylic acids is 1. The van der Waals surface area contributed by atoms with Gasteiger partial charge in [0.05, 0.1) is 90.9 Å². The Morgan fingerprint density at radius 1 is 0.469 bits per heavy atom. The van der Waals surface area contributed by atoms with Crippen LogP contribution in [-0.2, 0) is 93.2 Å². The Balaban J connectivity index is 0.000000154. The van der Waals surface area contributed by atoms with E-state index in [0.29, 0.717) is 119 Å². The fourth-order valence-electron chi connectivity index (χ4n) is 24.4. The molecule has 776 valence electrons. The van der Waals surface area contributed by atoms with Gasteiger partial charge in [0, 0.05) is 123 Å². The van der Waals surface area contributed by atoms with Gasteiger partial charge in [-0.05, 0) is 346 Å². The van der Waals surface area contributed by atoms with E-state index in [2.05, 4.69) is 118 Å². The van der Waals surface area contributed by atoms with Crippen LogP contribution in [0.1, 0.15) is 233 Å². The van der Waals surface area contributed by atoms with Crippen molar-refractivity contribution < 1.29 is 80.0 Å². The summed E-state index contributed by atoms with van der Waals surface area (Å²) in [6, 6.07) is 35.2. The number of hydrogen-bond acceptors (Lipinski definition) is 20. The zero-order valence-corrected chi connectivity index (χ0v) is 88.3. The maximum atomic E-state index is 13.9. The van der Waals surface area contributed by atoms with Crippen molar-refractivity contribution in [3.63, 3.8) is 0 Å². The van der Waals surface area contributed by atoms with Crippen LogP contribution in [0.4, 0.5) is 17.1 Å². The zero-order chi connectivity index (χ0) is 101. The second-order valence-electron chi connectivity index (χ2n) is 42.2. The van der Waals surface area contributed by atoms with Crippen molar-refractivity contribution in [2.45, 2.75) is 238 Å². The molecule has 18 rings (SSSR count). The summed E-state index contributed by atoms with van der Waals surface area (Å²) < 4.78 is 88.4. The number of hydrogen-bond donors (Lipinski definition) is 7. The van der Waals surface area contributed by atoms with Gasteiger partial charge in [-0.25, -0.2) is 17.4 Å². The molecule has 6 aliphatic carbocycles. The Kier molecular flexibility index (Phi) is 35.2. The van der Waals surface area contributed by atoms with Gasteiger partial charge >= 0.3 is 5.97 Å². The molecule has 6 bridgehead atoms. The number of rotatable bonds is 17. The highest BCUT2D eigenvalue weighted by Crippen LogP contribution is 2.53. The molecule has 0 aromatic heterocycles. The van der Waals surface area contributed by atoms with Crippen LogP contribution in [0.2, 0.25) is 15.1 Å². The number of nitrogens with zero attached hydrogens (tertiary/aromatic N) is 4. The second kappa shape index (κ2) is 47.1. The fourth-order valence-corrected chi connectivity index (χ4v) is 29.9. The van der Waals surface area contributed by atoms with E-state index in [-0.39, 0.29) is 131 Å². The summed E-state index contributed by atoms with van der Waals surface area (Å²) in [4.78, 5) is 86.8. The first-order valence-corrected chi connectivity index (χ1v) is 58.3. The third kappa shape index (κ3) is 25.3. The molecule has 0 saturated heterocycles. The summed E-state index contributed by atoms with van der Waals surface area (Å²) in [6.45, 7) is 12.8. The van der Waals surface area contributed by atoms with Crippen LogP contribution in [-0.4, -0.2) is 234 Å². The summed E-state index contributed by atoms with van der Waals surface area (Å²) in [5, 5.41) is 25.6. The summed E-state index contributed by atoms with van der Waals surface area (Å²) in [7, 11) is -4.83. The summed E-state index contributed by atoms with van der Waals surface area (Å²) in [6.07, 6.45) is 30.0. The van der Waals surface area contributed by atoms with Crippen LogP contribution in [0.5, 0.6) is 17.2 Å². The van der Waals surface area contributed by atoms with E-state index in [1.54, 1.807) is 18.2 Å². The lowest BCUT2D eigenvalue weighted by Crippen LogP contribution is -2.50. The lowest BCUT2D eigenvalue weighted by Gasteiger charge is -2.46. The summed E-state index contributed by atoms with van der Waals surface area (Å²) in [5.74, 6) is 13.2. The number of allylic oxidation sites excluding steroid dienone is 2. The first-order chi connectivity index (χ1) is 68.7. The number of halogens is 3. The van der Waals surface area contributed by atoms with Crippen molar-refractivity contribution in [1.29, 1.82) is 0 Å². The number of ether oxygens (including phenoxy) is 6. The lowest BCUT2D eigenvalue weighted by molar-refractivity contribution is -0.148. The smallest absolute Gasteiger partial charge is 0.329 e. The number of carbonyl (C=O) groups excluding carboxylic acids is 5. The van der Waals surface area contributed by atoms with Gasteiger partial charge in [-0.3, -0.25) is 38.1 Å². The van der Waals surface area contributed by atoms with Crippen molar-refractivity contribution in [2.75, 3.05) is 134 Å². The summed E-state index contributed by atoms with van der Waals surface area (Å²) >= 11 is 19.3. The van der Waals surface area contributed by atoms with E-state index in [9.17, 15) is 46.5 Å². The maximum Gasteiger partial charge on any atom is 0.329 e. The predicted molar refractivity (Wildman–Crippen MR) is 573 cm³/mol. The molecular weight excluding hydrogens is 1930 g/mol. The van der Waals surface area contributed by atoms with Gasteiger partial charge in [-0.2, -0.15) is 0 Å². The van der Waals surface area contributed by atoms with Gasteiger partial charge in [0.2, 0.25) is 11.8 Å². The Morgan fingerprint density at radius 2 is 0.832 bits per heavy atom. The molecule has 6 heterocycles. The molecule has 18 atom stereocenters. The molecule has 6 aliphatic heterocycles. The Bertz CT molecular complexity index is 6030. The largest absolute Gasteiger partial charge is 0.490 e. The van der Waals surface area contributed by atoms with Crippen LogP contribution in [0, 0.1) is 35.5 Å². The fraction of sp³-hybridized carbons (Fsp3) is 0.559. The van der Waals surface area contributed by atoms with Crippen molar-refractivity contribution in [3.8, 4) is 17.2 Å². The van der Waals surface area contributed by atoms with Gasteiger partial charge in [-0.1, -0.05) is 111 Å². The molecule has 3 spiro atoms. The molecule has 5 amide bonds. The first-order valence-electron chi connectivity index (χ1n) is 51.8. The number of nitrogens with one attached hydrogen (secondary N) is 5. The topological polar surface area (TPSA) is 323 Å². The first kappa shape index (κ1) is 107. The Morgan fingerprint density at radius 3 is 1.18 bits per heavy atom. The Labute approximate surface area is 861 Å². The number of carbonyl (C=O) groups is 6. The van der Waals surface area contributed by atoms with Crippen molar-refractivity contribution in [1.82, 2.24) is 29.7 Å².